The van der Waals surface area contributed by atoms with Crippen LogP contribution >= 0.6 is 0 Å². The van der Waals surface area contributed by atoms with Gasteiger partial charge in [-0.15, -0.1) is 0 Å². The lowest BCUT2D eigenvalue weighted by Gasteiger charge is -2.33. The Bertz CT molecular complexity index is 406. The Labute approximate surface area is 144 Å². The Morgan fingerprint density at radius 3 is 1.78 bits per heavy atom. The molecule has 0 atom stereocenters. The van der Waals surface area contributed by atoms with Crippen molar-refractivity contribution in [1.29, 1.82) is 0 Å². The third kappa shape index (κ3) is 6.57. The predicted molar refractivity (Wildman–Crippen MR) is 102 cm³/mol. The highest BCUT2D eigenvalue weighted by molar-refractivity contribution is 5.38. The highest BCUT2D eigenvalue weighted by atomic mass is 16.3. The van der Waals surface area contributed by atoms with Crippen molar-refractivity contribution in [2.75, 3.05) is 0 Å². The first-order valence-corrected chi connectivity index (χ1v) is 9.98. The molecule has 0 amide bonds. The highest BCUT2D eigenvalue weighted by Gasteiger charge is 2.30. The zero-order valence-corrected chi connectivity index (χ0v) is 15.7. The van der Waals surface area contributed by atoms with Gasteiger partial charge in [0.05, 0.1) is 0 Å². The van der Waals surface area contributed by atoms with Gasteiger partial charge in [-0.25, -0.2) is 0 Å². The molecule has 1 rings (SSSR count). The average Bonchev–Trinajstić information content (AvgIpc) is 2.58. The van der Waals surface area contributed by atoms with E-state index in [-0.39, 0.29) is 5.41 Å². The minimum atomic E-state index is 0.159. The summed E-state index contributed by atoms with van der Waals surface area (Å²) in [5.41, 5.74) is 1.32. The van der Waals surface area contributed by atoms with Crippen LogP contribution in [0.1, 0.15) is 103 Å². The summed E-state index contributed by atoms with van der Waals surface area (Å²) in [5.74, 6) is 0.479. The van der Waals surface area contributed by atoms with Crippen molar-refractivity contribution < 1.29 is 5.11 Å². The molecule has 0 fully saturated rings. The highest BCUT2D eigenvalue weighted by Crippen LogP contribution is 2.41. The summed E-state index contributed by atoms with van der Waals surface area (Å²) in [6.07, 6.45) is 15.8. The number of benzene rings is 1. The van der Waals surface area contributed by atoms with E-state index in [1.165, 1.54) is 64.2 Å². The van der Waals surface area contributed by atoms with E-state index in [1.807, 2.05) is 12.1 Å². The van der Waals surface area contributed by atoms with Crippen LogP contribution in [0, 0.1) is 0 Å². The number of phenolic OH excluding ortho intramolecular Hbond substituents is 1. The fraction of sp³-hybridized carbons (Fsp3) is 0.727. The van der Waals surface area contributed by atoms with Gasteiger partial charge < -0.3 is 5.11 Å². The molecule has 1 aromatic rings. The van der Waals surface area contributed by atoms with Crippen molar-refractivity contribution in [2.45, 2.75) is 103 Å². The summed E-state index contributed by atoms with van der Waals surface area (Å²) in [4.78, 5) is 0. The monoisotopic (exact) mass is 318 g/mol. The van der Waals surface area contributed by atoms with Crippen LogP contribution in [0.15, 0.2) is 24.3 Å². The van der Waals surface area contributed by atoms with Gasteiger partial charge in [-0.3, -0.25) is 0 Å². The number of aromatic hydroxyl groups is 1. The molecule has 0 aliphatic heterocycles. The molecule has 0 saturated heterocycles. The van der Waals surface area contributed by atoms with Crippen LogP contribution in [0.2, 0.25) is 0 Å². The number of unbranched alkanes of at least 4 members (excludes halogenated alkanes) is 8. The van der Waals surface area contributed by atoms with E-state index in [1.54, 1.807) is 0 Å². The number of rotatable bonds is 13. The molecule has 1 N–H and O–H groups in total. The lowest BCUT2D eigenvalue weighted by atomic mass is 9.72. The van der Waals surface area contributed by atoms with Gasteiger partial charge in [0.1, 0.15) is 5.75 Å². The first-order valence-electron chi connectivity index (χ1n) is 9.98. The number of para-hydroxylation sites is 1. The topological polar surface area (TPSA) is 20.2 Å². The van der Waals surface area contributed by atoms with Crippen LogP contribution in [0.3, 0.4) is 0 Å². The molecular formula is C22H38O. The van der Waals surface area contributed by atoms with Gasteiger partial charge in [0.25, 0.3) is 0 Å². The zero-order valence-electron chi connectivity index (χ0n) is 15.7. The molecule has 0 bridgehead atoms. The zero-order chi connectivity index (χ0) is 17.0. The summed E-state index contributed by atoms with van der Waals surface area (Å²) >= 11 is 0. The first-order chi connectivity index (χ1) is 11.2. The van der Waals surface area contributed by atoms with E-state index in [2.05, 4.69) is 32.9 Å². The van der Waals surface area contributed by atoms with Crippen LogP contribution in [-0.2, 0) is 5.41 Å². The second-order valence-electron chi connectivity index (χ2n) is 7.08. The number of hydrogen-bond donors (Lipinski definition) is 1. The van der Waals surface area contributed by atoms with E-state index in [9.17, 15) is 5.11 Å². The maximum atomic E-state index is 10.3. The lowest BCUT2D eigenvalue weighted by Crippen LogP contribution is -2.24. The van der Waals surface area contributed by atoms with Gasteiger partial charge in [-0.1, -0.05) is 96.8 Å². The molecule has 1 heteroatoms. The molecule has 0 aliphatic carbocycles. The quantitative estimate of drug-likeness (QED) is 0.376. The van der Waals surface area contributed by atoms with Crippen LogP contribution in [0.5, 0.6) is 5.75 Å². The number of phenols is 1. The third-order valence-corrected chi connectivity index (χ3v) is 5.59. The summed E-state index contributed by atoms with van der Waals surface area (Å²) in [6.45, 7) is 6.81. The molecule has 0 saturated carbocycles. The minimum absolute atomic E-state index is 0.159. The van der Waals surface area contributed by atoms with Crippen LogP contribution in [-0.4, -0.2) is 5.11 Å². The van der Waals surface area contributed by atoms with E-state index >= 15 is 0 Å². The van der Waals surface area contributed by atoms with E-state index < -0.39 is 0 Å². The van der Waals surface area contributed by atoms with Gasteiger partial charge >= 0.3 is 0 Å². The second kappa shape index (κ2) is 11.5. The molecule has 0 aromatic heterocycles. The van der Waals surface area contributed by atoms with Crippen molar-refractivity contribution in [3.8, 4) is 5.75 Å². The Morgan fingerprint density at radius 1 is 0.739 bits per heavy atom. The van der Waals surface area contributed by atoms with Crippen molar-refractivity contribution >= 4 is 0 Å². The molecule has 0 unspecified atom stereocenters. The van der Waals surface area contributed by atoms with Gasteiger partial charge in [0.2, 0.25) is 0 Å². The normalized spacial score (nSPS) is 11.8. The summed E-state index contributed by atoms with van der Waals surface area (Å²) in [6, 6.07) is 7.95. The summed E-state index contributed by atoms with van der Waals surface area (Å²) < 4.78 is 0. The third-order valence-electron chi connectivity index (χ3n) is 5.59. The Kier molecular flexibility index (Phi) is 10.1. The Hall–Kier alpha value is -0.980. The van der Waals surface area contributed by atoms with E-state index in [4.69, 9.17) is 0 Å². The van der Waals surface area contributed by atoms with E-state index in [0.29, 0.717) is 5.75 Å². The molecule has 132 valence electrons. The van der Waals surface area contributed by atoms with Crippen LogP contribution < -0.4 is 0 Å². The molecule has 0 spiro atoms. The van der Waals surface area contributed by atoms with E-state index in [0.717, 1.165) is 18.4 Å². The smallest absolute Gasteiger partial charge is 0.119 e. The van der Waals surface area contributed by atoms with Crippen LogP contribution in [0.25, 0.3) is 0 Å². The second-order valence-corrected chi connectivity index (χ2v) is 7.08. The summed E-state index contributed by atoms with van der Waals surface area (Å²) in [5, 5.41) is 10.3. The Morgan fingerprint density at radius 2 is 1.26 bits per heavy atom. The predicted octanol–water partition coefficient (Wildman–Crippen LogP) is 7.37. The minimum Gasteiger partial charge on any atom is -0.508 e. The standard InChI is InChI=1S/C22H38O/c1-4-7-8-9-10-11-12-13-16-19-22(5-2,6-3)20-17-14-15-18-21(20)23/h14-15,17-18,23H,4-13,16,19H2,1-3H3. The van der Waals surface area contributed by atoms with Gasteiger partial charge in [-0.05, 0) is 30.7 Å². The molecular weight excluding hydrogens is 280 g/mol. The molecule has 23 heavy (non-hydrogen) atoms. The fourth-order valence-corrected chi connectivity index (χ4v) is 3.82. The molecule has 1 aromatic carbocycles. The number of hydrogen-bond acceptors (Lipinski definition) is 1. The van der Waals surface area contributed by atoms with Crippen molar-refractivity contribution in [3.05, 3.63) is 29.8 Å². The van der Waals surface area contributed by atoms with Crippen molar-refractivity contribution in [3.63, 3.8) is 0 Å². The molecule has 0 aliphatic rings. The summed E-state index contributed by atoms with van der Waals surface area (Å²) in [7, 11) is 0. The van der Waals surface area contributed by atoms with Crippen molar-refractivity contribution in [1.82, 2.24) is 0 Å². The van der Waals surface area contributed by atoms with Crippen LogP contribution in [0.4, 0.5) is 0 Å². The van der Waals surface area contributed by atoms with Gasteiger partial charge in [0.15, 0.2) is 0 Å². The molecule has 0 radical (unpaired) electrons. The maximum Gasteiger partial charge on any atom is 0.119 e. The Balaban J connectivity index is 2.36. The van der Waals surface area contributed by atoms with Gasteiger partial charge in [-0.2, -0.15) is 0 Å². The fourth-order valence-electron chi connectivity index (χ4n) is 3.82. The largest absolute Gasteiger partial charge is 0.508 e. The molecule has 1 nitrogen and oxygen atoms in total. The SMILES string of the molecule is CCCCCCCCCCCC(CC)(CC)c1ccccc1O. The maximum absolute atomic E-state index is 10.3. The average molecular weight is 319 g/mol. The first kappa shape index (κ1) is 20.1. The van der Waals surface area contributed by atoms with Crippen molar-refractivity contribution in [2.24, 2.45) is 0 Å². The molecule has 0 heterocycles. The lowest BCUT2D eigenvalue weighted by molar-refractivity contribution is 0.331. The van der Waals surface area contributed by atoms with Gasteiger partial charge in [0, 0.05) is 5.56 Å².